The molecule has 0 bridgehead atoms. The molecule has 7 heteroatoms. The maximum Gasteiger partial charge on any atom is 0.348 e. The Balaban J connectivity index is 1.88. The van der Waals surface area contributed by atoms with Gasteiger partial charge in [-0.25, -0.2) is 9.59 Å². The number of esters is 2. The first-order valence-electron chi connectivity index (χ1n) is 7.89. The van der Waals surface area contributed by atoms with Crippen molar-refractivity contribution >= 4 is 50.3 Å². The van der Waals surface area contributed by atoms with Gasteiger partial charge in [0.2, 0.25) is 0 Å². The second kappa shape index (κ2) is 6.59. The minimum atomic E-state index is -0.337. The SMILES string of the molecule is COC(=O)c1cc2c(s1)N(c1ccccc1)c1sc(C(=O)OC)cc1C2. The van der Waals surface area contributed by atoms with E-state index in [9.17, 15) is 9.59 Å². The van der Waals surface area contributed by atoms with E-state index in [-0.39, 0.29) is 11.9 Å². The standard InChI is InChI=1S/C19H15NO4S2/c1-23-18(21)14-9-11-8-12-10-15(19(22)24-2)26-17(12)20(16(11)25-14)13-6-4-3-5-7-13/h3-7,9-10H,8H2,1-2H3. The predicted octanol–water partition coefficient (Wildman–Crippen LogP) is 4.76. The number of hydrogen-bond donors (Lipinski definition) is 0. The van der Waals surface area contributed by atoms with Gasteiger partial charge < -0.3 is 9.47 Å². The summed E-state index contributed by atoms with van der Waals surface area (Å²) in [4.78, 5) is 27.2. The van der Waals surface area contributed by atoms with E-state index in [4.69, 9.17) is 9.47 Å². The third kappa shape index (κ3) is 2.69. The van der Waals surface area contributed by atoms with Crippen molar-refractivity contribution in [3.05, 3.63) is 63.3 Å². The van der Waals surface area contributed by atoms with Crippen molar-refractivity contribution in [2.75, 3.05) is 19.1 Å². The van der Waals surface area contributed by atoms with Crippen LogP contribution in [0.25, 0.3) is 0 Å². The number of benzene rings is 1. The fraction of sp³-hybridized carbons (Fsp3) is 0.158. The largest absolute Gasteiger partial charge is 0.465 e. The normalized spacial score (nSPS) is 12.3. The van der Waals surface area contributed by atoms with Crippen LogP contribution in [0.2, 0.25) is 0 Å². The summed E-state index contributed by atoms with van der Waals surface area (Å²) >= 11 is 2.80. The van der Waals surface area contributed by atoms with Crippen molar-refractivity contribution in [2.24, 2.45) is 0 Å². The van der Waals surface area contributed by atoms with Crippen LogP contribution in [0.3, 0.4) is 0 Å². The zero-order valence-corrected chi connectivity index (χ0v) is 15.8. The summed E-state index contributed by atoms with van der Waals surface area (Å²) in [5, 5.41) is 1.95. The highest BCUT2D eigenvalue weighted by molar-refractivity contribution is 7.20. The van der Waals surface area contributed by atoms with Gasteiger partial charge in [0.25, 0.3) is 0 Å². The Labute approximate surface area is 158 Å². The molecule has 5 nitrogen and oxygen atoms in total. The Morgan fingerprint density at radius 3 is 1.85 bits per heavy atom. The molecule has 0 atom stereocenters. The molecular formula is C19H15NO4S2. The van der Waals surface area contributed by atoms with Crippen LogP contribution in [0.4, 0.5) is 15.7 Å². The molecule has 1 aromatic carbocycles. The number of nitrogens with zero attached hydrogens (tertiary/aromatic N) is 1. The average molecular weight is 385 g/mol. The Hall–Kier alpha value is -2.64. The molecule has 0 fully saturated rings. The molecule has 0 N–H and O–H groups in total. The topological polar surface area (TPSA) is 55.8 Å². The zero-order chi connectivity index (χ0) is 18.3. The number of carbonyl (C=O) groups is 2. The lowest BCUT2D eigenvalue weighted by atomic mass is 10.0. The summed E-state index contributed by atoms with van der Waals surface area (Å²) in [6.07, 6.45) is 0.662. The maximum atomic E-state index is 12.0. The van der Waals surface area contributed by atoms with Gasteiger partial charge in [-0.15, -0.1) is 22.7 Å². The fourth-order valence-corrected chi connectivity index (χ4v) is 5.29. The van der Waals surface area contributed by atoms with E-state index in [2.05, 4.69) is 4.90 Å². The Morgan fingerprint density at radius 2 is 1.38 bits per heavy atom. The third-order valence-corrected chi connectivity index (χ3v) is 6.43. The van der Waals surface area contributed by atoms with E-state index in [0.29, 0.717) is 16.2 Å². The lowest BCUT2D eigenvalue weighted by molar-refractivity contribution is 0.0597. The summed E-state index contributed by atoms with van der Waals surface area (Å²) in [7, 11) is 2.77. The van der Waals surface area contributed by atoms with Crippen LogP contribution < -0.4 is 4.90 Å². The van der Waals surface area contributed by atoms with Crippen LogP contribution in [-0.2, 0) is 15.9 Å². The van der Waals surface area contributed by atoms with Crippen LogP contribution in [0.15, 0.2) is 42.5 Å². The lowest BCUT2D eigenvalue weighted by Gasteiger charge is -2.28. The van der Waals surface area contributed by atoms with Gasteiger partial charge in [-0.05, 0) is 35.4 Å². The molecule has 0 radical (unpaired) electrons. The second-order valence-corrected chi connectivity index (χ2v) is 7.77. The molecule has 0 aliphatic carbocycles. The molecule has 1 aliphatic heterocycles. The summed E-state index contributed by atoms with van der Waals surface area (Å²) in [5.41, 5.74) is 3.06. The van der Waals surface area contributed by atoms with Crippen LogP contribution >= 0.6 is 22.7 Å². The van der Waals surface area contributed by atoms with Crippen LogP contribution in [0.1, 0.15) is 30.5 Å². The van der Waals surface area contributed by atoms with Gasteiger partial charge in [-0.1, -0.05) is 18.2 Å². The second-order valence-electron chi connectivity index (χ2n) is 5.71. The number of para-hydroxylation sites is 1. The van der Waals surface area contributed by atoms with Crippen molar-refractivity contribution in [3.63, 3.8) is 0 Å². The van der Waals surface area contributed by atoms with Gasteiger partial charge in [-0.2, -0.15) is 0 Å². The summed E-state index contributed by atoms with van der Waals surface area (Å²) < 4.78 is 9.75. The maximum absolute atomic E-state index is 12.0. The smallest absolute Gasteiger partial charge is 0.348 e. The molecule has 0 spiro atoms. The van der Waals surface area contributed by atoms with Crippen LogP contribution in [0, 0.1) is 0 Å². The van der Waals surface area contributed by atoms with E-state index < -0.39 is 0 Å². The van der Waals surface area contributed by atoms with Crippen molar-refractivity contribution in [1.29, 1.82) is 0 Å². The van der Waals surface area contributed by atoms with Crippen molar-refractivity contribution in [2.45, 2.75) is 6.42 Å². The van der Waals surface area contributed by atoms with Crippen molar-refractivity contribution in [1.82, 2.24) is 0 Å². The van der Waals surface area contributed by atoms with Gasteiger partial charge in [0.15, 0.2) is 0 Å². The number of ether oxygens (including phenoxy) is 2. The van der Waals surface area contributed by atoms with Gasteiger partial charge in [0.05, 0.1) is 14.2 Å². The highest BCUT2D eigenvalue weighted by Gasteiger charge is 2.31. The summed E-state index contributed by atoms with van der Waals surface area (Å²) in [5.74, 6) is -0.674. The number of methoxy groups -OCH3 is 2. The summed E-state index contributed by atoms with van der Waals surface area (Å²) in [6, 6.07) is 13.7. The Morgan fingerprint density at radius 1 is 0.885 bits per heavy atom. The number of thiophene rings is 2. The molecule has 0 unspecified atom stereocenters. The van der Waals surface area contributed by atoms with Crippen molar-refractivity contribution < 1.29 is 19.1 Å². The molecule has 4 rings (SSSR count). The molecule has 1 aliphatic rings. The molecule has 3 aromatic rings. The molecule has 3 heterocycles. The third-order valence-electron chi connectivity index (χ3n) is 4.15. The van der Waals surface area contributed by atoms with E-state index in [1.54, 1.807) is 0 Å². The number of anilines is 3. The van der Waals surface area contributed by atoms with E-state index in [1.807, 2.05) is 42.5 Å². The molecule has 26 heavy (non-hydrogen) atoms. The highest BCUT2D eigenvalue weighted by Crippen LogP contribution is 2.51. The minimum Gasteiger partial charge on any atom is -0.465 e. The van der Waals surface area contributed by atoms with Crippen LogP contribution in [-0.4, -0.2) is 26.2 Å². The Kier molecular flexibility index (Phi) is 4.26. The van der Waals surface area contributed by atoms with Crippen LogP contribution in [0.5, 0.6) is 0 Å². The molecule has 132 valence electrons. The number of fused-ring (bicyclic) bond motifs is 2. The first kappa shape index (κ1) is 16.8. The molecule has 0 saturated carbocycles. The number of carbonyl (C=O) groups excluding carboxylic acids is 2. The predicted molar refractivity (Wildman–Crippen MR) is 102 cm³/mol. The average Bonchev–Trinajstić information content (AvgIpc) is 3.29. The van der Waals surface area contributed by atoms with Gasteiger partial charge in [-0.3, -0.25) is 4.90 Å². The van der Waals surface area contributed by atoms with E-state index in [0.717, 1.165) is 26.8 Å². The molecule has 2 aromatic heterocycles. The number of hydrogen-bond acceptors (Lipinski definition) is 7. The number of rotatable bonds is 3. The molecule has 0 saturated heterocycles. The highest BCUT2D eigenvalue weighted by atomic mass is 32.1. The minimum absolute atomic E-state index is 0.337. The zero-order valence-electron chi connectivity index (χ0n) is 14.1. The van der Waals surface area contributed by atoms with E-state index >= 15 is 0 Å². The first-order chi connectivity index (χ1) is 12.6. The monoisotopic (exact) mass is 385 g/mol. The lowest BCUT2D eigenvalue weighted by Crippen LogP contribution is -2.14. The van der Waals surface area contributed by atoms with E-state index in [1.165, 1.54) is 36.9 Å². The quantitative estimate of drug-likeness (QED) is 0.476. The van der Waals surface area contributed by atoms with Gasteiger partial charge >= 0.3 is 11.9 Å². The van der Waals surface area contributed by atoms with Crippen molar-refractivity contribution in [3.8, 4) is 0 Å². The summed E-state index contributed by atoms with van der Waals surface area (Å²) in [6.45, 7) is 0. The molecule has 0 amide bonds. The first-order valence-corrected chi connectivity index (χ1v) is 9.53. The molecular weight excluding hydrogens is 370 g/mol. The Bertz CT molecular complexity index is 930. The van der Waals surface area contributed by atoms with Gasteiger partial charge in [0, 0.05) is 12.1 Å². The van der Waals surface area contributed by atoms with Gasteiger partial charge in [0.1, 0.15) is 19.8 Å². The fourth-order valence-electron chi connectivity index (χ4n) is 2.98.